The normalized spacial score (nSPS) is 12.1. The molecule has 0 rings (SSSR count). The average Bonchev–Trinajstić information content (AvgIpc) is 2.15. The molecule has 1 N–H and O–H groups in total. The molecule has 1 atom stereocenters. The van der Waals surface area contributed by atoms with Gasteiger partial charge in [0.2, 0.25) is 0 Å². The van der Waals surface area contributed by atoms with Gasteiger partial charge in [-0.3, -0.25) is 0 Å². The first-order chi connectivity index (χ1) is 7.01. The monoisotopic (exact) mass is 217 g/mol. The van der Waals surface area contributed by atoms with Gasteiger partial charge in [0, 0.05) is 0 Å². The van der Waals surface area contributed by atoms with Crippen LogP contribution in [0, 0.1) is 0 Å². The first kappa shape index (κ1) is 13.7. The van der Waals surface area contributed by atoms with Gasteiger partial charge in [0.15, 0.2) is 0 Å². The molecule has 0 aliphatic heterocycles. The van der Waals surface area contributed by atoms with Crippen molar-refractivity contribution in [3.8, 4) is 0 Å². The van der Waals surface area contributed by atoms with Gasteiger partial charge in [-0.15, -0.1) is 0 Å². The highest BCUT2D eigenvalue weighted by Gasteiger charge is 2.22. The number of hydrogen-bond donors (Lipinski definition) is 1. The molecule has 0 aromatic rings. The van der Waals surface area contributed by atoms with Crippen LogP contribution >= 0.6 is 0 Å². The van der Waals surface area contributed by atoms with Crippen molar-refractivity contribution in [2.45, 2.75) is 45.8 Å². The highest BCUT2D eigenvalue weighted by Crippen LogP contribution is 2.02. The van der Waals surface area contributed by atoms with Crippen molar-refractivity contribution in [3.05, 3.63) is 0 Å². The predicted molar refractivity (Wildman–Crippen MR) is 55.5 cm³/mol. The largest absolute Gasteiger partial charge is 0.461 e. The second-order valence-corrected chi connectivity index (χ2v) is 3.46. The lowest BCUT2D eigenvalue weighted by Gasteiger charge is -2.17. The number of esters is 1. The Labute approximate surface area is 90.1 Å². The maximum Gasteiger partial charge on any atom is 0.407 e. The molecule has 0 saturated carbocycles. The molecule has 0 aliphatic rings. The predicted octanol–water partition coefficient (Wildman–Crippen LogP) is 1.46. The zero-order chi connectivity index (χ0) is 11.8. The Balaban J connectivity index is 4.24. The van der Waals surface area contributed by atoms with Crippen LogP contribution in [0.3, 0.4) is 0 Å². The maximum atomic E-state index is 11.5. The van der Waals surface area contributed by atoms with Crippen LogP contribution in [0.2, 0.25) is 0 Å². The summed E-state index contributed by atoms with van der Waals surface area (Å²) in [5.41, 5.74) is 0. The Bertz CT molecular complexity index is 215. The number of methoxy groups -OCH3 is 1. The number of hydrogen-bond acceptors (Lipinski definition) is 4. The standard InChI is InChI=1S/C10H19NO4/c1-5-6-8(11-10(13)14-4)9(12)15-7(2)3/h7-8H,5-6H2,1-4H3,(H,11,13)/t8-/m0/s1. The number of carbonyl (C=O) groups excluding carboxylic acids is 2. The first-order valence-electron chi connectivity index (χ1n) is 5.06. The molecule has 15 heavy (non-hydrogen) atoms. The second kappa shape index (κ2) is 7.09. The first-order valence-corrected chi connectivity index (χ1v) is 5.06. The molecular formula is C10H19NO4. The minimum absolute atomic E-state index is 0.184. The summed E-state index contributed by atoms with van der Waals surface area (Å²) in [7, 11) is 1.26. The summed E-state index contributed by atoms with van der Waals surface area (Å²) in [6, 6.07) is -0.621. The van der Waals surface area contributed by atoms with E-state index in [1.807, 2.05) is 6.92 Å². The summed E-state index contributed by atoms with van der Waals surface area (Å²) in [6.45, 7) is 5.45. The number of nitrogens with one attached hydrogen (secondary N) is 1. The quantitative estimate of drug-likeness (QED) is 0.708. The van der Waals surface area contributed by atoms with Crippen molar-refractivity contribution in [2.24, 2.45) is 0 Å². The SMILES string of the molecule is CCC[C@H](NC(=O)OC)C(=O)OC(C)C. The highest BCUT2D eigenvalue weighted by molar-refractivity contribution is 5.81. The molecule has 0 heterocycles. The van der Waals surface area contributed by atoms with Crippen LogP contribution in [0.5, 0.6) is 0 Å². The van der Waals surface area contributed by atoms with Gasteiger partial charge < -0.3 is 14.8 Å². The van der Waals surface area contributed by atoms with Crippen molar-refractivity contribution in [1.29, 1.82) is 0 Å². The summed E-state index contributed by atoms with van der Waals surface area (Å²) < 4.78 is 9.43. The van der Waals surface area contributed by atoms with E-state index >= 15 is 0 Å². The molecule has 0 spiro atoms. The molecule has 0 aromatic heterocycles. The van der Waals surface area contributed by atoms with Gasteiger partial charge in [-0.05, 0) is 20.3 Å². The van der Waals surface area contributed by atoms with Gasteiger partial charge in [0.05, 0.1) is 13.2 Å². The fourth-order valence-electron chi connectivity index (χ4n) is 1.05. The molecule has 0 unspecified atom stereocenters. The fourth-order valence-corrected chi connectivity index (χ4v) is 1.05. The van der Waals surface area contributed by atoms with E-state index in [2.05, 4.69) is 10.1 Å². The Morgan fingerprint density at radius 2 is 1.93 bits per heavy atom. The number of alkyl carbamates (subject to hydrolysis) is 1. The number of ether oxygens (including phenoxy) is 2. The smallest absolute Gasteiger partial charge is 0.407 e. The maximum absolute atomic E-state index is 11.5. The molecule has 0 fully saturated rings. The zero-order valence-electron chi connectivity index (χ0n) is 9.70. The zero-order valence-corrected chi connectivity index (χ0v) is 9.70. The summed E-state index contributed by atoms with van der Waals surface area (Å²) in [4.78, 5) is 22.4. The number of amides is 1. The molecule has 5 nitrogen and oxygen atoms in total. The number of carbonyl (C=O) groups is 2. The van der Waals surface area contributed by atoms with Crippen LogP contribution < -0.4 is 5.32 Å². The topological polar surface area (TPSA) is 64.6 Å². The Kier molecular flexibility index (Phi) is 6.49. The summed E-state index contributed by atoms with van der Waals surface area (Å²) in [6.07, 6.45) is 0.521. The van der Waals surface area contributed by atoms with E-state index in [4.69, 9.17) is 4.74 Å². The van der Waals surface area contributed by atoms with Gasteiger partial charge in [0.25, 0.3) is 0 Å². The fraction of sp³-hybridized carbons (Fsp3) is 0.800. The summed E-state index contributed by atoms with van der Waals surface area (Å²) in [5.74, 6) is -0.419. The molecule has 1 amide bonds. The highest BCUT2D eigenvalue weighted by atomic mass is 16.6. The van der Waals surface area contributed by atoms with Crippen LogP contribution in [0.25, 0.3) is 0 Å². The van der Waals surface area contributed by atoms with E-state index in [-0.39, 0.29) is 6.10 Å². The molecule has 0 aliphatic carbocycles. The van der Waals surface area contributed by atoms with Crippen molar-refractivity contribution in [3.63, 3.8) is 0 Å². The summed E-state index contributed by atoms with van der Waals surface area (Å²) in [5, 5.41) is 2.44. The van der Waals surface area contributed by atoms with Gasteiger partial charge in [-0.2, -0.15) is 0 Å². The average molecular weight is 217 g/mol. The summed E-state index contributed by atoms with van der Waals surface area (Å²) >= 11 is 0. The minimum Gasteiger partial charge on any atom is -0.461 e. The van der Waals surface area contributed by atoms with Gasteiger partial charge in [-0.1, -0.05) is 13.3 Å². The van der Waals surface area contributed by atoms with Crippen LogP contribution in [0.15, 0.2) is 0 Å². The van der Waals surface area contributed by atoms with E-state index in [0.29, 0.717) is 6.42 Å². The van der Waals surface area contributed by atoms with Crippen molar-refractivity contribution >= 4 is 12.1 Å². The lowest BCUT2D eigenvalue weighted by Crippen LogP contribution is -2.42. The third-order valence-electron chi connectivity index (χ3n) is 1.69. The van der Waals surface area contributed by atoms with E-state index in [1.165, 1.54) is 7.11 Å². The Morgan fingerprint density at radius 1 is 1.33 bits per heavy atom. The lowest BCUT2D eigenvalue weighted by molar-refractivity contribution is -0.150. The van der Waals surface area contributed by atoms with E-state index in [0.717, 1.165) is 6.42 Å². The van der Waals surface area contributed by atoms with Crippen LogP contribution in [0.4, 0.5) is 4.79 Å². The van der Waals surface area contributed by atoms with Crippen LogP contribution in [0.1, 0.15) is 33.6 Å². The third-order valence-corrected chi connectivity index (χ3v) is 1.69. The molecule has 0 aromatic carbocycles. The van der Waals surface area contributed by atoms with Gasteiger partial charge >= 0.3 is 12.1 Å². The minimum atomic E-state index is -0.621. The lowest BCUT2D eigenvalue weighted by atomic mass is 10.2. The second-order valence-electron chi connectivity index (χ2n) is 3.46. The van der Waals surface area contributed by atoms with Crippen molar-refractivity contribution < 1.29 is 19.1 Å². The van der Waals surface area contributed by atoms with Crippen molar-refractivity contribution in [1.82, 2.24) is 5.32 Å². The number of rotatable bonds is 5. The van der Waals surface area contributed by atoms with Gasteiger partial charge in [0.1, 0.15) is 6.04 Å². The van der Waals surface area contributed by atoms with Crippen molar-refractivity contribution in [2.75, 3.05) is 7.11 Å². The van der Waals surface area contributed by atoms with Crippen LogP contribution in [-0.2, 0) is 14.3 Å². The Hall–Kier alpha value is -1.26. The van der Waals surface area contributed by atoms with Gasteiger partial charge in [-0.25, -0.2) is 9.59 Å². The van der Waals surface area contributed by atoms with E-state index in [1.54, 1.807) is 13.8 Å². The Morgan fingerprint density at radius 3 is 2.33 bits per heavy atom. The third kappa shape index (κ3) is 5.93. The van der Waals surface area contributed by atoms with Crippen LogP contribution in [-0.4, -0.2) is 31.3 Å². The van der Waals surface area contributed by atoms with E-state index < -0.39 is 18.1 Å². The molecule has 5 heteroatoms. The molecule has 0 radical (unpaired) electrons. The van der Waals surface area contributed by atoms with E-state index in [9.17, 15) is 9.59 Å². The molecule has 0 saturated heterocycles. The molecule has 0 bridgehead atoms. The molecular weight excluding hydrogens is 198 g/mol. The molecule has 88 valence electrons.